The summed E-state index contributed by atoms with van der Waals surface area (Å²) in [7, 11) is -2.88. The molecule has 1 aromatic heterocycles. The first-order valence-electron chi connectivity index (χ1n) is 6.03. The third-order valence-electron chi connectivity index (χ3n) is 2.81. The minimum absolute atomic E-state index is 0.197. The number of hydrogen-bond donors (Lipinski definition) is 1. The van der Waals surface area contributed by atoms with Crippen molar-refractivity contribution in [2.24, 2.45) is 5.73 Å². The molecule has 0 aliphatic heterocycles. The molecule has 1 aromatic rings. The van der Waals surface area contributed by atoms with E-state index in [9.17, 15) is 8.42 Å². The summed E-state index contributed by atoms with van der Waals surface area (Å²) in [5.41, 5.74) is 5.95. The Kier molecular flexibility index (Phi) is 5.21. The number of aryl methyl sites for hydroxylation is 1. The van der Waals surface area contributed by atoms with Crippen LogP contribution in [0.3, 0.4) is 0 Å². The second kappa shape index (κ2) is 6.21. The molecule has 17 heavy (non-hydrogen) atoms. The summed E-state index contributed by atoms with van der Waals surface area (Å²) >= 11 is 0. The van der Waals surface area contributed by atoms with Gasteiger partial charge in [0.1, 0.15) is 21.4 Å². The molecule has 1 heterocycles. The van der Waals surface area contributed by atoms with Gasteiger partial charge in [-0.15, -0.1) is 0 Å². The van der Waals surface area contributed by atoms with Gasteiger partial charge in [-0.05, 0) is 25.0 Å². The molecular weight excluding hydrogens is 238 g/mol. The van der Waals surface area contributed by atoms with Crippen LogP contribution in [-0.2, 0) is 16.3 Å². The van der Waals surface area contributed by atoms with Crippen molar-refractivity contribution in [1.29, 1.82) is 0 Å². The summed E-state index contributed by atoms with van der Waals surface area (Å²) in [6.45, 7) is 3.68. The highest BCUT2D eigenvalue weighted by Crippen LogP contribution is 2.19. The molecule has 4 nitrogen and oxygen atoms in total. The molecule has 0 saturated carbocycles. The zero-order chi connectivity index (χ0) is 12.9. The maximum atomic E-state index is 11.3. The third-order valence-corrected chi connectivity index (χ3v) is 4.60. The highest BCUT2D eigenvalue weighted by atomic mass is 32.2. The molecule has 0 aliphatic rings. The minimum atomic E-state index is -2.88. The predicted molar refractivity (Wildman–Crippen MR) is 68.6 cm³/mol. The lowest BCUT2D eigenvalue weighted by Crippen LogP contribution is -2.13. The molecule has 5 heteroatoms. The van der Waals surface area contributed by atoms with Crippen LogP contribution >= 0.6 is 0 Å². The maximum absolute atomic E-state index is 11.3. The van der Waals surface area contributed by atoms with Gasteiger partial charge in [-0.1, -0.05) is 13.8 Å². The van der Waals surface area contributed by atoms with E-state index < -0.39 is 9.84 Å². The van der Waals surface area contributed by atoms with Gasteiger partial charge in [0.2, 0.25) is 0 Å². The lowest BCUT2D eigenvalue weighted by Gasteiger charge is -2.08. The summed E-state index contributed by atoms with van der Waals surface area (Å²) in [6.07, 6.45) is 2.06. The molecule has 2 N–H and O–H groups in total. The van der Waals surface area contributed by atoms with Crippen molar-refractivity contribution >= 4 is 9.84 Å². The van der Waals surface area contributed by atoms with Gasteiger partial charge in [-0.2, -0.15) is 0 Å². The number of hydrogen-bond acceptors (Lipinski definition) is 4. The van der Waals surface area contributed by atoms with Gasteiger partial charge in [0, 0.05) is 12.2 Å². The maximum Gasteiger partial charge on any atom is 0.150 e. The van der Waals surface area contributed by atoms with Gasteiger partial charge in [0.15, 0.2) is 0 Å². The van der Waals surface area contributed by atoms with E-state index in [2.05, 4.69) is 0 Å². The summed E-state index contributed by atoms with van der Waals surface area (Å²) in [5.74, 6) is 2.06. The quantitative estimate of drug-likeness (QED) is 0.813. The van der Waals surface area contributed by atoms with Crippen LogP contribution in [0.25, 0.3) is 0 Å². The van der Waals surface area contributed by atoms with Gasteiger partial charge in [-0.25, -0.2) is 8.42 Å². The number of nitrogens with two attached hydrogens (primary N) is 1. The first-order valence-corrected chi connectivity index (χ1v) is 7.85. The summed E-state index contributed by atoms with van der Waals surface area (Å²) in [4.78, 5) is 0. The lowest BCUT2D eigenvalue weighted by molar-refractivity contribution is 0.423. The highest BCUT2D eigenvalue weighted by molar-refractivity contribution is 7.91. The number of furan rings is 1. The smallest absolute Gasteiger partial charge is 0.150 e. The molecule has 0 aliphatic carbocycles. The molecule has 0 radical (unpaired) electrons. The minimum Gasteiger partial charge on any atom is -0.464 e. The van der Waals surface area contributed by atoms with Crippen LogP contribution in [0, 0.1) is 0 Å². The van der Waals surface area contributed by atoms with Crippen molar-refractivity contribution < 1.29 is 12.8 Å². The van der Waals surface area contributed by atoms with Crippen LogP contribution < -0.4 is 5.73 Å². The second-order valence-electron chi connectivity index (χ2n) is 4.14. The Morgan fingerprint density at radius 3 is 2.59 bits per heavy atom. The third kappa shape index (κ3) is 4.52. The molecule has 1 atom stereocenters. The van der Waals surface area contributed by atoms with Gasteiger partial charge in [0.25, 0.3) is 0 Å². The lowest BCUT2D eigenvalue weighted by atomic mass is 10.1. The number of sulfone groups is 1. The normalized spacial score (nSPS) is 13.8. The molecule has 0 bridgehead atoms. The first-order chi connectivity index (χ1) is 7.98. The molecule has 0 fully saturated rings. The van der Waals surface area contributed by atoms with Crippen molar-refractivity contribution in [2.75, 3.05) is 11.5 Å². The van der Waals surface area contributed by atoms with Gasteiger partial charge in [-0.3, -0.25) is 0 Å². The molecule has 0 saturated heterocycles. The van der Waals surface area contributed by atoms with Crippen molar-refractivity contribution in [2.45, 2.75) is 39.2 Å². The largest absolute Gasteiger partial charge is 0.464 e. The van der Waals surface area contributed by atoms with Crippen molar-refractivity contribution in [3.05, 3.63) is 23.7 Å². The van der Waals surface area contributed by atoms with Crippen LogP contribution in [0.4, 0.5) is 0 Å². The van der Waals surface area contributed by atoms with E-state index in [0.29, 0.717) is 12.8 Å². The van der Waals surface area contributed by atoms with E-state index >= 15 is 0 Å². The fraction of sp³-hybridized carbons (Fsp3) is 0.667. The molecule has 0 amide bonds. The molecule has 98 valence electrons. The van der Waals surface area contributed by atoms with Crippen molar-refractivity contribution in [3.63, 3.8) is 0 Å². The van der Waals surface area contributed by atoms with Crippen LogP contribution in [0.15, 0.2) is 16.5 Å². The first kappa shape index (κ1) is 14.3. The second-order valence-corrected chi connectivity index (χ2v) is 6.62. The van der Waals surface area contributed by atoms with Crippen LogP contribution in [0.2, 0.25) is 0 Å². The standard InChI is InChI=1S/C12H21NO3S/c1-3-10-7-8-12(16-10)11(13)6-5-9-17(14,15)4-2/h7-8,11H,3-6,9,13H2,1-2H3. The Labute approximate surface area is 103 Å². The zero-order valence-corrected chi connectivity index (χ0v) is 11.3. The Bertz CT molecular complexity index is 436. The van der Waals surface area contributed by atoms with E-state index in [-0.39, 0.29) is 17.5 Å². The zero-order valence-electron chi connectivity index (χ0n) is 10.5. The predicted octanol–water partition coefficient (Wildman–Crippen LogP) is 2.06. The van der Waals surface area contributed by atoms with Crippen molar-refractivity contribution in [1.82, 2.24) is 0 Å². The molecule has 0 aromatic carbocycles. The summed E-state index contributed by atoms with van der Waals surface area (Å²) in [6, 6.07) is 3.58. The average Bonchev–Trinajstić information content (AvgIpc) is 2.77. The average molecular weight is 259 g/mol. The van der Waals surface area contributed by atoms with Crippen LogP contribution in [0.5, 0.6) is 0 Å². The van der Waals surface area contributed by atoms with Gasteiger partial charge >= 0.3 is 0 Å². The Balaban J connectivity index is 2.42. The fourth-order valence-electron chi connectivity index (χ4n) is 1.59. The van der Waals surface area contributed by atoms with Crippen molar-refractivity contribution in [3.8, 4) is 0 Å². The van der Waals surface area contributed by atoms with Gasteiger partial charge in [0.05, 0.1) is 11.8 Å². The summed E-state index contributed by atoms with van der Waals surface area (Å²) in [5, 5.41) is 0. The Hall–Kier alpha value is -0.810. The number of rotatable bonds is 7. The SMILES string of the molecule is CCc1ccc(C(N)CCCS(=O)(=O)CC)o1. The molecule has 1 rings (SSSR count). The fourth-order valence-corrected chi connectivity index (χ4v) is 2.49. The monoisotopic (exact) mass is 259 g/mol. The van der Waals surface area contributed by atoms with E-state index in [1.54, 1.807) is 6.92 Å². The van der Waals surface area contributed by atoms with Crippen LogP contribution in [-0.4, -0.2) is 19.9 Å². The Morgan fingerprint density at radius 2 is 2.06 bits per heavy atom. The van der Waals surface area contributed by atoms with Gasteiger partial charge < -0.3 is 10.2 Å². The molecular formula is C12H21NO3S. The van der Waals surface area contributed by atoms with E-state index in [1.807, 2.05) is 19.1 Å². The topological polar surface area (TPSA) is 73.3 Å². The molecule has 1 unspecified atom stereocenters. The molecule has 0 spiro atoms. The van der Waals surface area contributed by atoms with E-state index in [0.717, 1.165) is 17.9 Å². The Morgan fingerprint density at radius 1 is 1.35 bits per heavy atom. The summed E-state index contributed by atoms with van der Waals surface area (Å²) < 4.78 is 28.1. The highest BCUT2D eigenvalue weighted by Gasteiger charge is 2.13. The van der Waals surface area contributed by atoms with Crippen LogP contribution in [0.1, 0.15) is 44.3 Å². The van der Waals surface area contributed by atoms with E-state index in [4.69, 9.17) is 10.2 Å². The van der Waals surface area contributed by atoms with E-state index in [1.165, 1.54) is 0 Å².